The minimum atomic E-state index is -0.101. The fourth-order valence-corrected chi connectivity index (χ4v) is 1.37. The number of pyridine rings is 1. The zero-order valence-electron chi connectivity index (χ0n) is 9.24. The fraction of sp³-hybridized carbons (Fsp3) is 0.455. The van der Waals surface area contributed by atoms with Crippen molar-refractivity contribution in [3.63, 3.8) is 0 Å². The second-order valence-corrected chi connectivity index (χ2v) is 3.41. The van der Waals surface area contributed by atoms with Gasteiger partial charge >= 0.3 is 0 Å². The first-order valence-electron chi connectivity index (χ1n) is 4.88. The molecule has 0 bridgehead atoms. The normalized spacial score (nSPS) is 10.1. The maximum atomic E-state index is 11.5. The zero-order chi connectivity index (χ0) is 11.4. The summed E-state index contributed by atoms with van der Waals surface area (Å²) in [6.45, 7) is 5.84. The highest BCUT2D eigenvalue weighted by molar-refractivity contribution is 5.77. The first-order chi connectivity index (χ1) is 7.04. The van der Waals surface area contributed by atoms with E-state index in [1.807, 2.05) is 13.8 Å². The van der Waals surface area contributed by atoms with E-state index < -0.39 is 0 Å². The van der Waals surface area contributed by atoms with E-state index in [-0.39, 0.29) is 17.9 Å². The van der Waals surface area contributed by atoms with Crippen molar-refractivity contribution in [1.29, 1.82) is 0 Å². The third-order valence-electron chi connectivity index (χ3n) is 2.07. The molecule has 0 aliphatic rings. The number of ether oxygens (including phenoxy) is 1. The molecule has 0 aliphatic heterocycles. The maximum absolute atomic E-state index is 11.5. The standard InChI is InChI=1S/C11H15NO3/c1-4-12-8(2)5-10(6-11(12)14)15-7-9(3)13/h5-6H,4,7H2,1-3H3. The van der Waals surface area contributed by atoms with E-state index in [9.17, 15) is 9.59 Å². The number of Topliss-reactive ketones (excluding diaryl/α,β-unsaturated/α-hetero) is 1. The minimum Gasteiger partial charge on any atom is -0.486 e. The van der Waals surface area contributed by atoms with Crippen molar-refractivity contribution in [1.82, 2.24) is 4.57 Å². The molecule has 0 aromatic carbocycles. The van der Waals surface area contributed by atoms with Crippen molar-refractivity contribution in [2.75, 3.05) is 6.61 Å². The summed E-state index contributed by atoms with van der Waals surface area (Å²) < 4.78 is 6.81. The summed E-state index contributed by atoms with van der Waals surface area (Å²) in [6, 6.07) is 3.16. The average Bonchev–Trinajstić information content (AvgIpc) is 2.14. The van der Waals surface area contributed by atoms with Gasteiger partial charge in [-0.15, -0.1) is 0 Å². The summed E-state index contributed by atoms with van der Waals surface area (Å²) in [6.07, 6.45) is 0. The highest BCUT2D eigenvalue weighted by Gasteiger charge is 2.03. The monoisotopic (exact) mass is 209 g/mol. The van der Waals surface area contributed by atoms with Gasteiger partial charge in [0.25, 0.3) is 5.56 Å². The number of aryl methyl sites for hydroxylation is 1. The van der Waals surface area contributed by atoms with Crippen molar-refractivity contribution < 1.29 is 9.53 Å². The van der Waals surface area contributed by atoms with E-state index in [4.69, 9.17) is 4.74 Å². The Kier molecular flexibility index (Phi) is 3.66. The fourth-order valence-electron chi connectivity index (χ4n) is 1.37. The van der Waals surface area contributed by atoms with Gasteiger partial charge < -0.3 is 9.30 Å². The lowest BCUT2D eigenvalue weighted by molar-refractivity contribution is -0.118. The molecular formula is C11H15NO3. The van der Waals surface area contributed by atoms with E-state index >= 15 is 0 Å². The Bertz CT molecular complexity index is 420. The quantitative estimate of drug-likeness (QED) is 0.747. The van der Waals surface area contributed by atoms with Gasteiger partial charge in [0.15, 0.2) is 5.78 Å². The van der Waals surface area contributed by atoms with Crippen LogP contribution in [-0.4, -0.2) is 17.0 Å². The van der Waals surface area contributed by atoms with Crippen LogP contribution in [0.4, 0.5) is 0 Å². The Labute approximate surface area is 88.5 Å². The number of hydrogen-bond donors (Lipinski definition) is 0. The molecule has 1 heterocycles. The molecule has 0 radical (unpaired) electrons. The van der Waals surface area contributed by atoms with Crippen LogP contribution < -0.4 is 10.3 Å². The van der Waals surface area contributed by atoms with Gasteiger partial charge in [0.2, 0.25) is 0 Å². The Balaban J connectivity index is 2.94. The number of nitrogens with zero attached hydrogens (tertiary/aromatic N) is 1. The third-order valence-corrected chi connectivity index (χ3v) is 2.07. The molecule has 1 rings (SSSR count). The Morgan fingerprint density at radius 3 is 2.60 bits per heavy atom. The van der Waals surface area contributed by atoms with Crippen LogP contribution in [0.2, 0.25) is 0 Å². The lowest BCUT2D eigenvalue weighted by Gasteiger charge is -2.09. The molecule has 0 N–H and O–H groups in total. The van der Waals surface area contributed by atoms with Gasteiger partial charge in [-0.3, -0.25) is 9.59 Å². The first kappa shape index (κ1) is 11.5. The number of carbonyl (C=O) groups excluding carboxylic acids is 1. The van der Waals surface area contributed by atoms with Crippen molar-refractivity contribution >= 4 is 5.78 Å². The van der Waals surface area contributed by atoms with Crippen LogP contribution >= 0.6 is 0 Å². The molecule has 0 saturated heterocycles. The molecule has 1 aromatic heterocycles. The lowest BCUT2D eigenvalue weighted by atomic mass is 10.3. The Morgan fingerprint density at radius 2 is 2.13 bits per heavy atom. The molecule has 0 unspecified atom stereocenters. The molecule has 0 spiro atoms. The van der Waals surface area contributed by atoms with Gasteiger partial charge in [-0.05, 0) is 26.8 Å². The van der Waals surface area contributed by atoms with Crippen LogP contribution in [-0.2, 0) is 11.3 Å². The highest BCUT2D eigenvalue weighted by atomic mass is 16.5. The van der Waals surface area contributed by atoms with Crippen LogP contribution in [0.5, 0.6) is 5.75 Å². The number of rotatable bonds is 4. The van der Waals surface area contributed by atoms with Gasteiger partial charge in [-0.1, -0.05) is 0 Å². The summed E-state index contributed by atoms with van der Waals surface area (Å²) in [4.78, 5) is 22.2. The molecule has 4 nitrogen and oxygen atoms in total. The van der Waals surface area contributed by atoms with Gasteiger partial charge in [-0.25, -0.2) is 0 Å². The summed E-state index contributed by atoms with van der Waals surface area (Å²) >= 11 is 0. The van der Waals surface area contributed by atoms with Crippen molar-refractivity contribution in [3.05, 3.63) is 28.2 Å². The van der Waals surface area contributed by atoms with Crippen LogP contribution in [0.15, 0.2) is 16.9 Å². The van der Waals surface area contributed by atoms with E-state index in [1.54, 1.807) is 10.6 Å². The summed E-state index contributed by atoms with van der Waals surface area (Å²) in [5.74, 6) is 0.393. The van der Waals surface area contributed by atoms with Crippen LogP contribution in [0.3, 0.4) is 0 Å². The summed E-state index contributed by atoms with van der Waals surface area (Å²) in [7, 11) is 0. The minimum absolute atomic E-state index is 0.00895. The zero-order valence-corrected chi connectivity index (χ0v) is 9.24. The van der Waals surface area contributed by atoms with Gasteiger partial charge in [0.1, 0.15) is 12.4 Å². The Morgan fingerprint density at radius 1 is 1.47 bits per heavy atom. The number of aromatic nitrogens is 1. The van der Waals surface area contributed by atoms with Crippen LogP contribution in [0.1, 0.15) is 19.5 Å². The molecule has 0 saturated carbocycles. The molecule has 15 heavy (non-hydrogen) atoms. The lowest BCUT2D eigenvalue weighted by Crippen LogP contribution is -2.21. The smallest absolute Gasteiger partial charge is 0.254 e. The summed E-state index contributed by atoms with van der Waals surface area (Å²) in [5, 5.41) is 0. The Hall–Kier alpha value is -1.58. The van der Waals surface area contributed by atoms with E-state index in [0.717, 1.165) is 5.69 Å². The highest BCUT2D eigenvalue weighted by Crippen LogP contribution is 2.09. The maximum Gasteiger partial charge on any atom is 0.254 e. The largest absolute Gasteiger partial charge is 0.486 e. The van der Waals surface area contributed by atoms with Crippen molar-refractivity contribution in [3.8, 4) is 5.75 Å². The van der Waals surface area contributed by atoms with Gasteiger partial charge in [-0.2, -0.15) is 0 Å². The third kappa shape index (κ3) is 2.94. The molecule has 4 heteroatoms. The second-order valence-electron chi connectivity index (χ2n) is 3.41. The van der Waals surface area contributed by atoms with E-state index in [1.165, 1.54) is 13.0 Å². The molecular weight excluding hydrogens is 194 g/mol. The van der Waals surface area contributed by atoms with Crippen molar-refractivity contribution in [2.24, 2.45) is 0 Å². The molecule has 0 atom stereocenters. The van der Waals surface area contributed by atoms with Crippen LogP contribution in [0, 0.1) is 6.92 Å². The summed E-state index contributed by atoms with van der Waals surface area (Å²) in [5.41, 5.74) is 0.736. The number of hydrogen-bond acceptors (Lipinski definition) is 3. The van der Waals surface area contributed by atoms with Crippen LogP contribution in [0.25, 0.3) is 0 Å². The first-order valence-corrected chi connectivity index (χ1v) is 4.88. The van der Waals surface area contributed by atoms with E-state index in [0.29, 0.717) is 12.3 Å². The average molecular weight is 209 g/mol. The van der Waals surface area contributed by atoms with Gasteiger partial charge in [0, 0.05) is 18.3 Å². The molecule has 82 valence electrons. The van der Waals surface area contributed by atoms with E-state index in [2.05, 4.69) is 0 Å². The van der Waals surface area contributed by atoms with Gasteiger partial charge in [0.05, 0.1) is 0 Å². The molecule has 0 amide bonds. The molecule has 0 fully saturated rings. The topological polar surface area (TPSA) is 48.3 Å². The predicted molar refractivity (Wildman–Crippen MR) is 57.3 cm³/mol. The number of carbonyl (C=O) groups is 1. The molecule has 0 aliphatic carbocycles. The second kappa shape index (κ2) is 4.77. The van der Waals surface area contributed by atoms with Crippen molar-refractivity contribution in [2.45, 2.75) is 27.3 Å². The number of ketones is 1. The SMILES string of the molecule is CCn1c(C)cc(OCC(C)=O)cc1=O. The molecule has 1 aromatic rings. The predicted octanol–water partition coefficient (Wildman–Crippen LogP) is 1.14.